The van der Waals surface area contributed by atoms with E-state index in [2.05, 4.69) is 6.92 Å². The second kappa shape index (κ2) is 10.7. The number of halogens is 2. The van der Waals surface area contributed by atoms with E-state index in [0.29, 0.717) is 32.0 Å². The minimum atomic E-state index is -1.54. The summed E-state index contributed by atoms with van der Waals surface area (Å²) in [5.41, 5.74) is 0. The second-order valence-corrected chi connectivity index (χ2v) is 7.71. The summed E-state index contributed by atoms with van der Waals surface area (Å²) < 4.78 is 39.4. The van der Waals surface area contributed by atoms with Gasteiger partial charge in [-0.05, 0) is 44.4 Å². The Bertz CT molecular complexity index is 332. The minimum Gasteiger partial charge on any atom is -0.375 e. The van der Waals surface area contributed by atoms with Crippen molar-refractivity contribution < 1.29 is 18.3 Å². The molecule has 0 saturated heterocycles. The van der Waals surface area contributed by atoms with Crippen molar-refractivity contribution in [2.24, 2.45) is 11.8 Å². The molecule has 2 nitrogen and oxygen atoms in total. The van der Waals surface area contributed by atoms with Crippen LogP contribution in [0.5, 0.6) is 0 Å². The van der Waals surface area contributed by atoms with Crippen molar-refractivity contribution in [1.29, 1.82) is 0 Å². The van der Waals surface area contributed by atoms with Crippen LogP contribution in [0.1, 0.15) is 78.1 Å². The fourth-order valence-corrected chi connectivity index (χ4v) is 4.25. The van der Waals surface area contributed by atoms with Gasteiger partial charge in [0.25, 0.3) is 0 Å². The van der Waals surface area contributed by atoms with Crippen molar-refractivity contribution in [1.82, 2.24) is 0 Å². The van der Waals surface area contributed by atoms with E-state index in [1.165, 1.54) is 51.4 Å². The van der Waals surface area contributed by atoms with Crippen LogP contribution >= 0.6 is 0 Å². The van der Waals surface area contributed by atoms with Gasteiger partial charge in [-0.3, -0.25) is 0 Å². The predicted molar refractivity (Wildman–Crippen MR) is 93.8 cm³/mol. The van der Waals surface area contributed by atoms with Gasteiger partial charge in [-0.2, -0.15) is 0 Å². The van der Waals surface area contributed by atoms with Gasteiger partial charge < -0.3 is 9.47 Å². The predicted octanol–water partition coefficient (Wildman–Crippen LogP) is 5.63. The standard InChI is InChI=1S/C20H36F2O2/c1-3-5-6-7-15-8-10-16(11-9-15)14-24-18-13-12-17(23-4-2)19(21)20(18)22/h15-20H,3-14H2,1-2H3. The molecule has 0 aromatic rings. The van der Waals surface area contributed by atoms with Crippen LogP contribution in [0.2, 0.25) is 0 Å². The van der Waals surface area contributed by atoms with Crippen LogP contribution in [-0.4, -0.2) is 37.8 Å². The average molecular weight is 347 g/mol. The van der Waals surface area contributed by atoms with Crippen molar-refractivity contribution in [3.8, 4) is 0 Å². The van der Waals surface area contributed by atoms with Gasteiger partial charge in [-0.25, -0.2) is 8.78 Å². The molecule has 0 N–H and O–H groups in total. The molecule has 2 rings (SSSR count). The third-order valence-electron chi connectivity index (χ3n) is 5.86. The van der Waals surface area contributed by atoms with Crippen molar-refractivity contribution in [3.05, 3.63) is 0 Å². The van der Waals surface area contributed by atoms with E-state index in [0.717, 1.165) is 5.92 Å². The molecule has 2 fully saturated rings. The molecule has 2 aliphatic rings. The van der Waals surface area contributed by atoms with Crippen LogP contribution in [-0.2, 0) is 9.47 Å². The third-order valence-corrected chi connectivity index (χ3v) is 5.86. The molecule has 4 unspecified atom stereocenters. The molecular weight excluding hydrogens is 310 g/mol. The molecule has 0 aliphatic heterocycles. The van der Waals surface area contributed by atoms with Crippen molar-refractivity contribution in [2.75, 3.05) is 13.2 Å². The van der Waals surface area contributed by atoms with E-state index in [-0.39, 0.29) is 0 Å². The maximum atomic E-state index is 14.2. The highest BCUT2D eigenvalue weighted by molar-refractivity contribution is 4.90. The number of hydrogen-bond acceptors (Lipinski definition) is 2. The van der Waals surface area contributed by atoms with Gasteiger partial charge in [0.05, 0.1) is 12.2 Å². The number of ether oxygens (including phenoxy) is 2. The Morgan fingerprint density at radius 3 is 1.92 bits per heavy atom. The highest BCUT2D eigenvalue weighted by Gasteiger charge is 2.41. The SMILES string of the molecule is CCCCCC1CCC(COC2CCC(OCC)C(F)C2F)CC1. The monoisotopic (exact) mass is 346 g/mol. The summed E-state index contributed by atoms with van der Waals surface area (Å²) in [6.45, 7) is 5.10. The van der Waals surface area contributed by atoms with Gasteiger partial charge in [0.1, 0.15) is 0 Å². The second-order valence-electron chi connectivity index (χ2n) is 7.71. The van der Waals surface area contributed by atoms with E-state index in [1.807, 2.05) is 6.92 Å². The van der Waals surface area contributed by atoms with Gasteiger partial charge in [0, 0.05) is 13.2 Å². The van der Waals surface area contributed by atoms with Gasteiger partial charge in [-0.1, -0.05) is 45.4 Å². The zero-order valence-electron chi connectivity index (χ0n) is 15.5. The Kier molecular flexibility index (Phi) is 8.96. The van der Waals surface area contributed by atoms with E-state index in [9.17, 15) is 8.78 Å². The molecule has 0 amide bonds. The Morgan fingerprint density at radius 1 is 0.750 bits per heavy atom. The van der Waals surface area contributed by atoms with Crippen LogP contribution in [0, 0.1) is 11.8 Å². The maximum absolute atomic E-state index is 14.2. The zero-order chi connectivity index (χ0) is 17.4. The number of hydrogen-bond donors (Lipinski definition) is 0. The first-order chi connectivity index (χ1) is 11.7. The van der Waals surface area contributed by atoms with Crippen molar-refractivity contribution in [3.63, 3.8) is 0 Å². The topological polar surface area (TPSA) is 18.5 Å². The Labute approximate surface area is 146 Å². The number of alkyl halides is 2. The number of rotatable bonds is 9. The lowest BCUT2D eigenvalue weighted by Crippen LogP contribution is -2.47. The summed E-state index contributed by atoms with van der Waals surface area (Å²) in [5.74, 6) is 1.40. The van der Waals surface area contributed by atoms with Crippen LogP contribution in [0.3, 0.4) is 0 Å². The molecule has 0 aromatic heterocycles. The van der Waals surface area contributed by atoms with E-state index in [1.54, 1.807) is 0 Å². The highest BCUT2D eigenvalue weighted by atomic mass is 19.2. The molecule has 0 bridgehead atoms. The Balaban J connectivity index is 1.64. The van der Waals surface area contributed by atoms with Gasteiger partial charge >= 0.3 is 0 Å². The van der Waals surface area contributed by atoms with Gasteiger partial charge in [0.2, 0.25) is 0 Å². The molecule has 2 saturated carbocycles. The van der Waals surface area contributed by atoms with E-state index >= 15 is 0 Å². The quantitative estimate of drug-likeness (QED) is 0.503. The molecule has 142 valence electrons. The first kappa shape index (κ1) is 20.1. The first-order valence-electron chi connectivity index (χ1n) is 10.2. The summed E-state index contributed by atoms with van der Waals surface area (Å²) in [5, 5.41) is 0. The normalized spacial score (nSPS) is 37.5. The van der Waals surface area contributed by atoms with E-state index in [4.69, 9.17) is 9.47 Å². The molecule has 0 aromatic carbocycles. The lowest BCUT2D eigenvalue weighted by Gasteiger charge is -2.36. The fraction of sp³-hybridized carbons (Fsp3) is 1.00. The van der Waals surface area contributed by atoms with Crippen LogP contribution < -0.4 is 0 Å². The van der Waals surface area contributed by atoms with Crippen LogP contribution in [0.4, 0.5) is 8.78 Å². The van der Waals surface area contributed by atoms with Crippen LogP contribution in [0.15, 0.2) is 0 Å². The largest absolute Gasteiger partial charge is 0.375 e. The molecular formula is C20H36F2O2. The fourth-order valence-electron chi connectivity index (χ4n) is 4.25. The molecule has 4 atom stereocenters. The number of unbranched alkanes of at least 4 members (excludes halogenated alkanes) is 2. The zero-order valence-corrected chi connectivity index (χ0v) is 15.5. The molecule has 0 heterocycles. The summed E-state index contributed by atoms with van der Waals surface area (Å²) in [6, 6.07) is 0. The van der Waals surface area contributed by atoms with E-state index < -0.39 is 24.6 Å². The summed E-state index contributed by atoms with van der Waals surface area (Å²) >= 11 is 0. The van der Waals surface area contributed by atoms with Crippen molar-refractivity contribution >= 4 is 0 Å². The molecule has 0 spiro atoms. The summed E-state index contributed by atoms with van der Waals surface area (Å²) in [4.78, 5) is 0. The average Bonchev–Trinajstić information content (AvgIpc) is 2.60. The van der Waals surface area contributed by atoms with Gasteiger partial charge in [0.15, 0.2) is 12.3 Å². The third kappa shape index (κ3) is 5.94. The maximum Gasteiger partial charge on any atom is 0.160 e. The van der Waals surface area contributed by atoms with Gasteiger partial charge in [-0.15, -0.1) is 0 Å². The summed E-state index contributed by atoms with van der Waals surface area (Å²) in [7, 11) is 0. The first-order valence-corrected chi connectivity index (χ1v) is 10.2. The molecule has 4 heteroatoms. The Morgan fingerprint density at radius 2 is 1.33 bits per heavy atom. The molecule has 24 heavy (non-hydrogen) atoms. The lowest BCUT2D eigenvalue weighted by atomic mass is 9.80. The molecule has 2 aliphatic carbocycles. The Hall–Kier alpha value is -0.220. The minimum absolute atomic E-state index is 0.435. The summed E-state index contributed by atoms with van der Waals surface area (Å²) in [6.07, 6.45) is 7.13. The highest BCUT2D eigenvalue weighted by Crippen LogP contribution is 2.34. The lowest BCUT2D eigenvalue weighted by molar-refractivity contribution is -0.122. The van der Waals surface area contributed by atoms with Crippen molar-refractivity contribution in [2.45, 2.75) is 103 Å². The van der Waals surface area contributed by atoms with Crippen LogP contribution in [0.25, 0.3) is 0 Å². The molecule has 0 radical (unpaired) electrons. The smallest absolute Gasteiger partial charge is 0.160 e.